The maximum atomic E-state index is 14.0. The summed E-state index contributed by atoms with van der Waals surface area (Å²) in [7, 11) is 1.46. The van der Waals surface area contributed by atoms with Crippen molar-refractivity contribution in [3.05, 3.63) is 65.9 Å². The normalized spacial score (nSPS) is 13.4. The van der Waals surface area contributed by atoms with Crippen molar-refractivity contribution in [1.82, 2.24) is 31.6 Å². The Kier molecular flexibility index (Phi) is 43.4. The number of ketones is 4. The van der Waals surface area contributed by atoms with Crippen LogP contribution in [0.4, 0.5) is 0 Å². The van der Waals surface area contributed by atoms with E-state index in [1.807, 2.05) is 45.0 Å². The van der Waals surface area contributed by atoms with Crippen molar-refractivity contribution in [3.8, 4) is 5.75 Å². The number of Topliss-reactive ketones (excluding diaryl/α,β-unsaturated/α-hetero) is 4. The number of hydrogen-bond acceptors (Lipinski definition) is 15. The summed E-state index contributed by atoms with van der Waals surface area (Å²) < 4.78 is 0. The van der Waals surface area contributed by atoms with Crippen LogP contribution in [0.3, 0.4) is 0 Å². The van der Waals surface area contributed by atoms with E-state index in [0.29, 0.717) is 51.6 Å². The van der Waals surface area contributed by atoms with E-state index in [1.54, 1.807) is 18.3 Å². The number of hydrogen-bond donors (Lipinski definition) is 12. The molecule has 15 N–H and O–H groups in total. The number of phenolic OH excluding ortho intramolecular Hbond substituents is 1. The molecule has 2 aromatic carbocycles. The van der Waals surface area contributed by atoms with Crippen molar-refractivity contribution in [2.24, 2.45) is 52.7 Å². The lowest BCUT2D eigenvalue weighted by Gasteiger charge is -2.25. The minimum Gasteiger partial charge on any atom is -0.508 e. The van der Waals surface area contributed by atoms with Crippen LogP contribution >= 0.6 is 0 Å². The fourth-order valence-corrected chi connectivity index (χ4v) is 11.4. The van der Waals surface area contributed by atoms with Gasteiger partial charge in [-0.3, -0.25) is 52.7 Å². The molecule has 0 unspecified atom stereocenters. The molecular weight excluding hydrogens is 1210 g/mol. The number of aliphatic hydroxyl groups excluding tert-OH is 1. The van der Waals surface area contributed by atoms with Gasteiger partial charge in [-0.1, -0.05) is 148 Å². The molecule has 3 rings (SSSR count). The number of aliphatic carboxylic acids is 1. The summed E-state index contributed by atoms with van der Waals surface area (Å²) in [5.74, 6) is -8.99. The number of nitrogens with two attached hydrogens (primary N) is 3. The standard InChI is InChI=1S/C37H51N5O6.C35H64N4O8/c1-23(2)16-32(34(45)20-27(36(47)41-22-35(39)46)18-28-21-40-31-10-5-4-9-30(28)31)42-37(48)26(17-25-11-13-29(43)14-12-25)19-33(44)24(3)8-6-7-15-38;1-3-4-5-6-7-8-9-10-11-12-13-14-15-19-32(43)38-25-29(41)23-28(26-40)35(47)39-30(20-21-33(44)45)31(42)24-27(34(46)37-2)18-16-17-22-36/h4-5,9-14,21,23-24,26-27,32,40,43H,6-8,15-20,22,38H2,1-3H3,(H2,39,46)(H,41,47)(H,42,48);27-28,30,40H,3-26,36H2,1-2H3,(H,37,46)(H,38,43)(H,39,47)(H,44,45)/t24-,26+,27+,32-;27-,28+,30+/m01/s1. The number of unbranched alkanes of at least 4 members (excludes halogenated alkanes) is 14. The van der Waals surface area contributed by atoms with Crippen LogP contribution in [0.25, 0.3) is 10.9 Å². The third-order valence-electron chi connectivity index (χ3n) is 17.2. The molecule has 95 heavy (non-hydrogen) atoms. The van der Waals surface area contributed by atoms with E-state index in [-0.39, 0.29) is 99.0 Å². The molecule has 0 saturated heterocycles. The Bertz CT molecular complexity index is 2810. The van der Waals surface area contributed by atoms with Gasteiger partial charge in [-0.25, -0.2) is 0 Å². The zero-order valence-electron chi connectivity index (χ0n) is 57.4. The fraction of sp³-hybridized carbons (Fsp3) is 0.653. The van der Waals surface area contributed by atoms with Crippen LogP contribution in [-0.4, -0.2) is 137 Å². The maximum absolute atomic E-state index is 14.0. The molecule has 0 bridgehead atoms. The second kappa shape index (κ2) is 49.2. The van der Waals surface area contributed by atoms with Gasteiger partial charge in [-0.05, 0) is 106 Å². The number of carboxylic acid groups (broad SMARTS) is 1. The molecule has 0 aliphatic carbocycles. The van der Waals surface area contributed by atoms with Crippen LogP contribution in [0.1, 0.15) is 212 Å². The third-order valence-corrected chi connectivity index (χ3v) is 17.2. The van der Waals surface area contributed by atoms with Gasteiger partial charge in [-0.2, -0.15) is 0 Å². The van der Waals surface area contributed by atoms with Crippen molar-refractivity contribution in [3.63, 3.8) is 0 Å². The Labute approximate surface area is 562 Å². The lowest BCUT2D eigenvalue weighted by Crippen LogP contribution is -2.47. The number of carbonyl (C=O) groups excluding carboxylic acids is 10. The number of amides is 6. The highest BCUT2D eigenvalue weighted by Crippen LogP contribution is 2.26. The highest BCUT2D eigenvalue weighted by atomic mass is 16.4. The molecule has 0 spiro atoms. The highest BCUT2D eigenvalue weighted by molar-refractivity contribution is 5.97. The second-order valence-electron chi connectivity index (χ2n) is 25.9. The number of aromatic nitrogens is 1. The Morgan fingerprint density at radius 2 is 1.09 bits per heavy atom. The predicted molar refractivity (Wildman–Crippen MR) is 368 cm³/mol. The zero-order chi connectivity index (χ0) is 70.5. The van der Waals surface area contributed by atoms with Crippen LogP contribution in [0, 0.1) is 35.5 Å². The number of benzene rings is 2. The van der Waals surface area contributed by atoms with Gasteiger partial charge < -0.3 is 64.1 Å². The number of phenols is 1. The molecule has 23 nitrogen and oxygen atoms in total. The van der Waals surface area contributed by atoms with Crippen molar-refractivity contribution in [1.29, 1.82) is 0 Å². The first-order valence-corrected chi connectivity index (χ1v) is 34.8. The van der Waals surface area contributed by atoms with Gasteiger partial charge in [0.05, 0.1) is 37.7 Å². The quantitative estimate of drug-likeness (QED) is 0.0241. The molecule has 23 heteroatoms. The van der Waals surface area contributed by atoms with Crippen molar-refractivity contribution in [2.45, 2.75) is 226 Å². The number of para-hydroxylation sites is 1. The lowest BCUT2D eigenvalue weighted by molar-refractivity contribution is -0.139. The van der Waals surface area contributed by atoms with Crippen LogP contribution < -0.4 is 43.8 Å². The minimum atomic E-state index is -1.20. The molecule has 0 saturated carbocycles. The molecular formula is C72H115N9O14. The number of nitrogens with one attached hydrogen (secondary N) is 6. The lowest BCUT2D eigenvalue weighted by atomic mass is 9.86. The number of H-pyrrole nitrogens is 1. The van der Waals surface area contributed by atoms with E-state index in [9.17, 15) is 63.0 Å². The summed E-state index contributed by atoms with van der Waals surface area (Å²) >= 11 is 0. The average molecular weight is 1330 g/mol. The van der Waals surface area contributed by atoms with Crippen LogP contribution in [0.2, 0.25) is 0 Å². The summed E-state index contributed by atoms with van der Waals surface area (Å²) in [4.78, 5) is 143. The van der Waals surface area contributed by atoms with E-state index >= 15 is 0 Å². The molecule has 6 amide bonds. The van der Waals surface area contributed by atoms with E-state index in [2.05, 4.69) is 38.5 Å². The number of primary amides is 1. The van der Waals surface area contributed by atoms with Crippen LogP contribution in [-0.2, 0) is 65.6 Å². The number of rotatable bonds is 53. The molecule has 3 aromatic rings. The SMILES string of the molecule is CC(C)C[C@H](NC(=O)[C@@H](CC(=O)[C@@H](C)CCCCN)Cc1ccc(O)cc1)C(=O)C[C@@H](Cc1c[nH]c2ccccc12)C(=O)NCC(N)=O.CCCCCCCCCCCCCCCC(=O)NCC(=O)C[C@@H](CO)C(=O)N[C@@H](CCC(=O)O)C(=O)C[C@@H](CCCCN)C(=O)NC. The number of aromatic hydroxyl groups is 1. The molecule has 0 fully saturated rings. The average Bonchev–Trinajstić information content (AvgIpc) is 1.74. The van der Waals surface area contributed by atoms with E-state index < -0.39 is 89.9 Å². The Morgan fingerprint density at radius 3 is 1.67 bits per heavy atom. The first kappa shape index (κ1) is 83.7. The molecule has 7 atom stereocenters. The van der Waals surface area contributed by atoms with Crippen LogP contribution in [0.5, 0.6) is 5.75 Å². The molecule has 0 aliphatic heterocycles. The first-order chi connectivity index (χ1) is 45.5. The van der Waals surface area contributed by atoms with E-state index in [0.717, 1.165) is 60.6 Å². The van der Waals surface area contributed by atoms with Gasteiger partial charge in [0.25, 0.3) is 0 Å². The number of carbonyl (C=O) groups is 11. The third kappa shape index (κ3) is 36.4. The highest BCUT2D eigenvalue weighted by Gasteiger charge is 2.34. The van der Waals surface area contributed by atoms with Crippen molar-refractivity contribution >= 4 is 75.4 Å². The molecule has 0 aliphatic rings. The maximum Gasteiger partial charge on any atom is 0.303 e. The molecule has 0 radical (unpaired) electrons. The number of carboxylic acids is 1. The predicted octanol–water partition coefficient (Wildman–Crippen LogP) is 7.66. The fourth-order valence-electron chi connectivity index (χ4n) is 11.4. The summed E-state index contributed by atoms with van der Waals surface area (Å²) in [6, 6.07) is 12.0. The topological polar surface area (TPSA) is 402 Å². The summed E-state index contributed by atoms with van der Waals surface area (Å²) in [6.07, 6.45) is 21.2. The zero-order valence-corrected chi connectivity index (χ0v) is 57.4. The Balaban J connectivity index is 0.000000647. The molecule has 1 heterocycles. The smallest absolute Gasteiger partial charge is 0.303 e. The van der Waals surface area contributed by atoms with Crippen molar-refractivity contribution in [2.75, 3.05) is 39.8 Å². The van der Waals surface area contributed by atoms with Gasteiger partial charge in [0, 0.05) is 86.3 Å². The van der Waals surface area contributed by atoms with E-state index in [1.165, 1.54) is 77.0 Å². The van der Waals surface area contributed by atoms with Crippen molar-refractivity contribution < 1.29 is 68.1 Å². The number of aliphatic hydroxyl groups is 1. The minimum absolute atomic E-state index is 0.00218. The number of fused-ring (bicyclic) bond motifs is 1. The van der Waals surface area contributed by atoms with Crippen LogP contribution in [0.15, 0.2) is 54.7 Å². The summed E-state index contributed by atoms with van der Waals surface area (Å²) in [5.41, 5.74) is 18.9. The Hall–Kier alpha value is -7.37. The van der Waals surface area contributed by atoms with Gasteiger partial charge in [0.1, 0.15) is 11.5 Å². The molecule has 1 aromatic heterocycles. The monoisotopic (exact) mass is 1330 g/mol. The van der Waals surface area contributed by atoms with E-state index in [4.69, 9.17) is 22.3 Å². The van der Waals surface area contributed by atoms with Gasteiger partial charge in [-0.15, -0.1) is 0 Å². The van der Waals surface area contributed by atoms with Gasteiger partial charge >= 0.3 is 5.97 Å². The van der Waals surface area contributed by atoms with Gasteiger partial charge in [0.15, 0.2) is 17.3 Å². The largest absolute Gasteiger partial charge is 0.508 e. The summed E-state index contributed by atoms with van der Waals surface area (Å²) in [5, 5.41) is 42.7. The Morgan fingerprint density at radius 1 is 0.547 bits per heavy atom. The first-order valence-electron chi connectivity index (χ1n) is 34.8. The second-order valence-corrected chi connectivity index (χ2v) is 25.9. The summed E-state index contributed by atoms with van der Waals surface area (Å²) in [6.45, 7) is 7.64. The number of aromatic amines is 1. The van der Waals surface area contributed by atoms with Gasteiger partial charge in [0.2, 0.25) is 35.4 Å². The molecule has 532 valence electrons.